The summed E-state index contributed by atoms with van der Waals surface area (Å²) in [6.45, 7) is 8.21. The first kappa shape index (κ1) is 16.8. The van der Waals surface area contributed by atoms with Crippen LogP contribution in [-0.2, 0) is 9.53 Å². The molecule has 1 amide bonds. The molecule has 1 N–H and O–H groups in total. The molecule has 6 nitrogen and oxygen atoms in total. The molecule has 0 aliphatic carbocycles. The number of nitrogens with one attached hydrogen (secondary N) is 1. The molecule has 1 rings (SSSR count). The van der Waals surface area contributed by atoms with Crippen LogP contribution in [0.5, 0.6) is 0 Å². The van der Waals surface area contributed by atoms with Crippen LogP contribution in [0.3, 0.4) is 0 Å². The fourth-order valence-electron chi connectivity index (χ4n) is 1.67. The summed E-state index contributed by atoms with van der Waals surface area (Å²) in [6, 6.07) is 3.61. The lowest BCUT2D eigenvalue weighted by atomic mass is 9.90. The Morgan fingerprint density at radius 1 is 1.48 bits per heavy atom. The minimum absolute atomic E-state index is 0.0686. The summed E-state index contributed by atoms with van der Waals surface area (Å²) in [5, 5.41) is 11.7. The lowest BCUT2D eigenvalue weighted by molar-refractivity contribution is -0.125. The van der Waals surface area contributed by atoms with Gasteiger partial charge < -0.3 is 14.5 Å². The van der Waals surface area contributed by atoms with Crippen LogP contribution >= 0.6 is 0 Å². The van der Waals surface area contributed by atoms with Gasteiger partial charge >= 0.3 is 5.97 Å². The Morgan fingerprint density at radius 2 is 2.10 bits per heavy atom. The molecule has 0 aromatic carbocycles. The van der Waals surface area contributed by atoms with Gasteiger partial charge in [0.05, 0.1) is 6.07 Å². The van der Waals surface area contributed by atoms with E-state index in [0.717, 1.165) is 0 Å². The number of furan rings is 1. The van der Waals surface area contributed by atoms with Crippen LogP contribution in [0.1, 0.15) is 42.6 Å². The van der Waals surface area contributed by atoms with Crippen LogP contribution in [0.2, 0.25) is 0 Å². The van der Waals surface area contributed by atoms with Gasteiger partial charge in [0.2, 0.25) is 0 Å². The van der Waals surface area contributed by atoms with E-state index in [1.807, 2.05) is 13.8 Å². The van der Waals surface area contributed by atoms with Crippen LogP contribution in [-0.4, -0.2) is 24.0 Å². The Labute approximate surface area is 124 Å². The Balaban J connectivity index is 2.60. The van der Waals surface area contributed by atoms with Gasteiger partial charge in [-0.25, -0.2) is 4.79 Å². The highest BCUT2D eigenvalue weighted by Gasteiger charge is 2.30. The van der Waals surface area contributed by atoms with Crippen molar-refractivity contribution in [1.82, 2.24) is 5.32 Å². The zero-order valence-electron chi connectivity index (χ0n) is 12.9. The molecular formula is C15H20N2O4. The highest BCUT2D eigenvalue weighted by molar-refractivity contribution is 5.92. The summed E-state index contributed by atoms with van der Waals surface area (Å²) in [5.41, 5.74) is -0.696. The smallest absolute Gasteiger partial charge is 0.342 e. The average Bonchev–Trinajstić information content (AvgIpc) is 2.74. The number of nitriles is 1. The molecule has 1 heterocycles. The molecule has 0 unspecified atom stereocenters. The highest BCUT2D eigenvalue weighted by Crippen LogP contribution is 2.16. The van der Waals surface area contributed by atoms with Crippen LogP contribution in [0, 0.1) is 31.1 Å². The third-order valence-electron chi connectivity index (χ3n) is 3.38. The van der Waals surface area contributed by atoms with Gasteiger partial charge in [-0.05, 0) is 32.8 Å². The predicted molar refractivity (Wildman–Crippen MR) is 75.5 cm³/mol. The average molecular weight is 292 g/mol. The first-order valence-electron chi connectivity index (χ1n) is 6.66. The van der Waals surface area contributed by atoms with Crippen molar-refractivity contribution in [2.45, 2.75) is 40.2 Å². The van der Waals surface area contributed by atoms with Crippen molar-refractivity contribution >= 4 is 11.9 Å². The van der Waals surface area contributed by atoms with Crippen molar-refractivity contribution in [1.29, 1.82) is 5.26 Å². The number of aryl methyl sites for hydroxylation is 2. The zero-order chi connectivity index (χ0) is 16.2. The Hall–Kier alpha value is -2.29. The maximum Gasteiger partial charge on any atom is 0.342 e. The van der Waals surface area contributed by atoms with E-state index >= 15 is 0 Å². The van der Waals surface area contributed by atoms with Crippen molar-refractivity contribution in [2.24, 2.45) is 5.92 Å². The topological polar surface area (TPSA) is 92.3 Å². The first-order chi connectivity index (χ1) is 9.69. The maximum absolute atomic E-state index is 11.8. The van der Waals surface area contributed by atoms with E-state index < -0.39 is 24.0 Å². The number of esters is 1. The molecule has 0 radical (unpaired) electrons. The molecule has 0 saturated heterocycles. The quantitative estimate of drug-likeness (QED) is 0.839. The van der Waals surface area contributed by atoms with Gasteiger partial charge in [0.15, 0.2) is 6.61 Å². The fraction of sp³-hybridized carbons (Fsp3) is 0.533. The van der Waals surface area contributed by atoms with Gasteiger partial charge in [-0.1, -0.05) is 13.8 Å². The number of rotatable bonds is 5. The number of nitrogens with zero attached hydrogens (tertiary/aromatic N) is 1. The van der Waals surface area contributed by atoms with Crippen LogP contribution < -0.4 is 5.32 Å². The Morgan fingerprint density at radius 3 is 2.52 bits per heavy atom. The Kier molecular flexibility index (Phi) is 5.14. The summed E-state index contributed by atoms with van der Waals surface area (Å²) >= 11 is 0. The molecule has 21 heavy (non-hydrogen) atoms. The summed E-state index contributed by atoms with van der Waals surface area (Å²) in [6.07, 6.45) is 0. The van der Waals surface area contributed by atoms with E-state index in [2.05, 4.69) is 11.4 Å². The molecule has 6 heteroatoms. The molecule has 0 spiro atoms. The molecular weight excluding hydrogens is 272 g/mol. The minimum atomic E-state index is -0.994. The lowest BCUT2D eigenvalue weighted by Gasteiger charge is -2.27. The standard InChI is InChI=1S/C15H20N2O4/c1-9(2)15(5,8-16)17-13(18)7-20-14(19)12-6-10(3)21-11(12)4/h6,9H,7H2,1-5H3,(H,17,18)/t15-/m0/s1. The molecule has 114 valence electrons. The molecule has 1 aromatic heterocycles. The second-order valence-electron chi connectivity index (χ2n) is 5.42. The molecule has 0 saturated carbocycles. The van der Waals surface area contributed by atoms with Crippen molar-refractivity contribution in [3.63, 3.8) is 0 Å². The van der Waals surface area contributed by atoms with Gasteiger partial charge in [-0.15, -0.1) is 0 Å². The SMILES string of the molecule is Cc1cc(C(=O)OCC(=O)N[C@@](C)(C#N)C(C)C)c(C)o1. The summed E-state index contributed by atoms with van der Waals surface area (Å²) in [4.78, 5) is 23.6. The Bertz CT molecular complexity index is 583. The summed E-state index contributed by atoms with van der Waals surface area (Å²) in [7, 11) is 0. The van der Waals surface area contributed by atoms with Gasteiger partial charge in [0.1, 0.15) is 22.6 Å². The van der Waals surface area contributed by atoms with Gasteiger partial charge in [0, 0.05) is 0 Å². The second-order valence-corrected chi connectivity index (χ2v) is 5.42. The number of hydrogen-bond acceptors (Lipinski definition) is 5. The number of ether oxygens (including phenoxy) is 1. The molecule has 1 atom stereocenters. The first-order valence-corrected chi connectivity index (χ1v) is 6.66. The number of carbonyl (C=O) groups is 2. The normalized spacial score (nSPS) is 13.4. The van der Waals surface area contributed by atoms with Crippen molar-refractivity contribution in [3.8, 4) is 6.07 Å². The number of hydrogen-bond donors (Lipinski definition) is 1. The second kappa shape index (κ2) is 6.44. The lowest BCUT2D eigenvalue weighted by Crippen LogP contribution is -2.50. The van der Waals surface area contributed by atoms with Crippen LogP contribution in [0.25, 0.3) is 0 Å². The molecule has 0 aliphatic rings. The van der Waals surface area contributed by atoms with Crippen molar-refractivity contribution in [3.05, 3.63) is 23.2 Å². The van der Waals surface area contributed by atoms with E-state index in [1.54, 1.807) is 26.8 Å². The van der Waals surface area contributed by atoms with Crippen LogP contribution in [0.4, 0.5) is 0 Å². The molecule has 1 aromatic rings. The molecule has 0 fully saturated rings. The molecule has 0 bridgehead atoms. The summed E-state index contributed by atoms with van der Waals surface area (Å²) in [5.74, 6) is -0.162. The summed E-state index contributed by atoms with van der Waals surface area (Å²) < 4.78 is 10.2. The zero-order valence-corrected chi connectivity index (χ0v) is 12.9. The van der Waals surface area contributed by atoms with E-state index in [9.17, 15) is 9.59 Å². The monoisotopic (exact) mass is 292 g/mol. The van der Waals surface area contributed by atoms with Gasteiger partial charge in [-0.2, -0.15) is 5.26 Å². The number of carbonyl (C=O) groups excluding carboxylic acids is 2. The highest BCUT2D eigenvalue weighted by atomic mass is 16.5. The van der Waals surface area contributed by atoms with E-state index in [-0.39, 0.29) is 5.92 Å². The van der Waals surface area contributed by atoms with E-state index in [1.165, 1.54) is 0 Å². The number of amides is 1. The van der Waals surface area contributed by atoms with E-state index in [4.69, 9.17) is 14.4 Å². The van der Waals surface area contributed by atoms with Gasteiger partial charge in [0.25, 0.3) is 5.91 Å². The third-order valence-corrected chi connectivity index (χ3v) is 3.38. The fourth-order valence-corrected chi connectivity index (χ4v) is 1.67. The van der Waals surface area contributed by atoms with Gasteiger partial charge in [-0.3, -0.25) is 4.79 Å². The maximum atomic E-state index is 11.8. The third kappa shape index (κ3) is 4.09. The van der Waals surface area contributed by atoms with E-state index in [0.29, 0.717) is 17.1 Å². The largest absolute Gasteiger partial charge is 0.466 e. The van der Waals surface area contributed by atoms with Crippen molar-refractivity contribution < 1.29 is 18.7 Å². The predicted octanol–water partition coefficient (Wildman–Crippen LogP) is 2.11. The van der Waals surface area contributed by atoms with Crippen LogP contribution in [0.15, 0.2) is 10.5 Å². The van der Waals surface area contributed by atoms with Crippen molar-refractivity contribution in [2.75, 3.05) is 6.61 Å². The molecule has 0 aliphatic heterocycles. The minimum Gasteiger partial charge on any atom is -0.466 e.